The molecule has 0 fully saturated rings. The topological polar surface area (TPSA) is 194 Å². The molecule has 3 unspecified atom stereocenters. The average Bonchev–Trinajstić information content (AvgIpc) is 2.59. The van der Waals surface area contributed by atoms with Crippen LogP contribution < -0.4 is 27.4 Å². The van der Waals surface area contributed by atoms with Gasteiger partial charge in [-0.15, -0.1) is 0 Å². The monoisotopic (exact) mass is 419 g/mol. The van der Waals surface area contributed by atoms with E-state index in [4.69, 9.17) is 11.5 Å². The van der Waals surface area contributed by atoms with E-state index in [-0.39, 0.29) is 18.8 Å². The minimum Gasteiger partial charge on any atom is -0.480 e. The molecule has 0 aliphatic carbocycles. The first kappa shape index (κ1) is 25.7. The fourth-order valence-corrected chi connectivity index (χ4v) is 2.59. The van der Waals surface area contributed by atoms with Crippen molar-refractivity contribution in [2.45, 2.75) is 44.8 Å². The van der Waals surface area contributed by atoms with E-state index in [0.29, 0.717) is 5.75 Å². The van der Waals surface area contributed by atoms with Crippen molar-refractivity contribution in [1.82, 2.24) is 16.0 Å². The second-order valence-corrected chi connectivity index (χ2v) is 7.45. The van der Waals surface area contributed by atoms with Gasteiger partial charge < -0.3 is 32.5 Å². The molecule has 0 heterocycles. The summed E-state index contributed by atoms with van der Waals surface area (Å²) in [5, 5.41) is 16.3. The van der Waals surface area contributed by atoms with E-state index < -0.39 is 54.3 Å². The van der Waals surface area contributed by atoms with Gasteiger partial charge in [0.25, 0.3) is 0 Å². The van der Waals surface area contributed by atoms with Crippen molar-refractivity contribution in [3.8, 4) is 0 Å². The molecule has 160 valence electrons. The van der Waals surface area contributed by atoms with Gasteiger partial charge in [-0.05, 0) is 24.3 Å². The first-order valence-electron chi connectivity index (χ1n) is 8.62. The van der Waals surface area contributed by atoms with Crippen LogP contribution in [0.2, 0.25) is 0 Å². The van der Waals surface area contributed by atoms with E-state index in [2.05, 4.69) is 16.0 Å². The van der Waals surface area contributed by atoms with Gasteiger partial charge in [0, 0.05) is 0 Å². The van der Waals surface area contributed by atoms with Crippen molar-refractivity contribution in [2.75, 3.05) is 18.6 Å². The molecule has 0 aliphatic rings. The molecule has 0 saturated heterocycles. The Morgan fingerprint density at radius 2 is 1.68 bits per heavy atom. The number of amides is 4. The van der Waals surface area contributed by atoms with Gasteiger partial charge in [0.05, 0.1) is 19.0 Å². The summed E-state index contributed by atoms with van der Waals surface area (Å²) in [5.74, 6) is -3.72. The lowest BCUT2D eigenvalue weighted by atomic mass is 10.0. The summed E-state index contributed by atoms with van der Waals surface area (Å²) in [6, 6.07) is -3.23. The molecule has 0 aliphatic heterocycles. The number of aliphatic carboxylic acids is 1. The molecule has 0 radical (unpaired) electrons. The van der Waals surface area contributed by atoms with Gasteiger partial charge in [-0.3, -0.25) is 19.2 Å². The quantitative estimate of drug-likeness (QED) is 0.193. The molecule has 28 heavy (non-hydrogen) atoms. The van der Waals surface area contributed by atoms with Gasteiger partial charge in [-0.1, -0.05) is 13.8 Å². The van der Waals surface area contributed by atoms with Crippen LogP contribution in [0.3, 0.4) is 0 Å². The van der Waals surface area contributed by atoms with Crippen LogP contribution in [-0.4, -0.2) is 71.4 Å². The zero-order valence-electron chi connectivity index (χ0n) is 16.2. The number of thioether (sulfide) groups is 1. The molecule has 0 aromatic rings. The summed E-state index contributed by atoms with van der Waals surface area (Å²) in [5.41, 5.74) is 10.4. The number of hydrogen-bond donors (Lipinski definition) is 6. The first-order chi connectivity index (χ1) is 13.0. The molecule has 0 saturated carbocycles. The molecule has 11 nitrogen and oxygen atoms in total. The van der Waals surface area contributed by atoms with Crippen molar-refractivity contribution >= 4 is 41.4 Å². The number of nitrogens with one attached hydrogen (secondary N) is 3. The lowest BCUT2D eigenvalue weighted by Crippen LogP contribution is -2.55. The fourth-order valence-electron chi connectivity index (χ4n) is 2.12. The molecule has 0 aromatic heterocycles. The number of carbonyl (C=O) groups is 5. The molecule has 0 rings (SSSR count). The van der Waals surface area contributed by atoms with Crippen LogP contribution in [-0.2, 0) is 24.0 Å². The standard InChI is InChI=1S/C16H29N5O6S/c1-8(2)13(15(25)20-10(16(26)27)4-5-28-3)21-12(23)7-19-14(24)9(17)6-11(18)22/h8-10,13H,4-7,17H2,1-3H3,(H2,18,22)(H,19,24)(H,20,25)(H,21,23)(H,26,27). The SMILES string of the molecule is CSCCC(NC(=O)C(NC(=O)CNC(=O)C(N)CC(N)=O)C(C)C)C(=O)O. The maximum absolute atomic E-state index is 12.4. The Labute approximate surface area is 167 Å². The largest absolute Gasteiger partial charge is 0.480 e. The third-order valence-corrected chi connectivity index (χ3v) is 4.32. The Morgan fingerprint density at radius 3 is 2.14 bits per heavy atom. The highest BCUT2D eigenvalue weighted by Crippen LogP contribution is 2.05. The van der Waals surface area contributed by atoms with Gasteiger partial charge >= 0.3 is 5.97 Å². The van der Waals surface area contributed by atoms with Crippen molar-refractivity contribution in [3.63, 3.8) is 0 Å². The summed E-state index contributed by atoms with van der Waals surface area (Å²) in [4.78, 5) is 58.2. The number of hydrogen-bond acceptors (Lipinski definition) is 7. The fraction of sp³-hybridized carbons (Fsp3) is 0.688. The zero-order valence-corrected chi connectivity index (χ0v) is 17.0. The second kappa shape index (κ2) is 12.9. The maximum Gasteiger partial charge on any atom is 0.326 e. The predicted molar refractivity (Wildman–Crippen MR) is 104 cm³/mol. The molecular formula is C16H29N5O6S. The molecule has 12 heteroatoms. The number of rotatable bonds is 13. The molecule has 3 atom stereocenters. The highest BCUT2D eigenvalue weighted by atomic mass is 32.2. The highest BCUT2D eigenvalue weighted by molar-refractivity contribution is 7.98. The Hall–Kier alpha value is -2.34. The third kappa shape index (κ3) is 10.1. The van der Waals surface area contributed by atoms with Crippen molar-refractivity contribution in [3.05, 3.63) is 0 Å². The third-order valence-electron chi connectivity index (χ3n) is 3.67. The van der Waals surface area contributed by atoms with Crippen LogP contribution in [0.25, 0.3) is 0 Å². The van der Waals surface area contributed by atoms with Gasteiger partial charge in [0.1, 0.15) is 12.1 Å². The first-order valence-corrected chi connectivity index (χ1v) is 10.0. The van der Waals surface area contributed by atoms with Gasteiger partial charge in [-0.2, -0.15) is 11.8 Å². The number of carbonyl (C=O) groups excluding carboxylic acids is 4. The Kier molecular flexibility index (Phi) is 11.9. The molecule has 0 aromatic carbocycles. The van der Waals surface area contributed by atoms with Crippen molar-refractivity contribution in [1.29, 1.82) is 0 Å². The molecule has 0 bridgehead atoms. The van der Waals surface area contributed by atoms with Crippen LogP contribution >= 0.6 is 11.8 Å². The lowest BCUT2D eigenvalue weighted by Gasteiger charge is -2.24. The van der Waals surface area contributed by atoms with Crippen LogP contribution in [0.15, 0.2) is 0 Å². The summed E-state index contributed by atoms with van der Waals surface area (Å²) in [6.45, 7) is 2.91. The van der Waals surface area contributed by atoms with Crippen molar-refractivity contribution < 1.29 is 29.1 Å². The normalized spacial score (nSPS) is 13.9. The summed E-state index contributed by atoms with van der Waals surface area (Å²) >= 11 is 1.45. The van der Waals surface area contributed by atoms with E-state index in [1.54, 1.807) is 13.8 Å². The highest BCUT2D eigenvalue weighted by Gasteiger charge is 2.28. The van der Waals surface area contributed by atoms with Crippen LogP contribution in [0.5, 0.6) is 0 Å². The van der Waals surface area contributed by atoms with Crippen LogP contribution in [0.1, 0.15) is 26.7 Å². The van der Waals surface area contributed by atoms with Gasteiger partial charge in [0.2, 0.25) is 23.6 Å². The zero-order chi connectivity index (χ0) is 21.9. The Balaban J connectivity index is 4.76. The number of primary amides is 1. The van der Waals surface area contributed by atoms with Crippen molar-refractivity contribution in [2.24, 2.45) is 17.4 Å². The summed E-state index contributed by atoms with van der Waals surface area (Å²) in [7, 11) is 0. The molecule has 4 amide bonds. The van der Waals surface area contributed by atoms with Gasteiger partial charge in [0.15, 0.2) is 0 Å². The minimum absolute atomic E-state index is 0.245. The molecule has 8 N–H and O–H groups in total. The Morgan fingerprint density at radius 1 is 1.07 bits per heavy atom. The Bertz CT molecular complexity index is 586. The second-order valence-electron chi connectivity index (χ2n) is 6.46. The average molecular weight is 420 g/mol. The summed E-state index contributed by atoms with van der Waals surface area (Å²) in [6.07, 6.45) is 1.70. The smallest absolute Gasteiger partial charge is 0.326 e. The van der Waals surface area contributed by atoms with E-state index >= 15 is 0 Å². The maximum atomic E-state index is 12.4. The van der Waals surface area contributed by atoms with E-state index in [0.717, 1.165) is 0 Å². The molecule has 0 spiro atoms. The van der Waals surface area contributed by atoms with E-state index in [1.165, 1.54) is 11.8 Å². The number of carboxylic acid groups (broad SMARTS) is 1. The molecular weight excluding hydrogens is 390 g/mol. The lowest BCUT2D eigenvalue weighted by molar-refractivity contribution is -0.142. The van der Waals surface area contributed by atoms with E-state index in [9.17, 15) is 29.1 Å². The van der Waals surface area contributed by atoms with E-state index in [1.807, 2.05) is 6.26 Å². The minimum atomic E-state index is -1.18. The van der Waals surface area contributed by atoms with Crippen LogP contribution in [0, 0.1) is 5.92 Å². The predicted octanol–water partition coefficient (Wildman–Crippen LogP) is -2.23. The van der Waals surface area contributed by atoms with Gasteiger partial charge in [-0.25, -0.2) is 4.79 Å². The summed E-state index contributed by atoms with van der Waals surface area (Å²) < 4.78 is 0. The van der Waals surface area contributed by atoms with Crippen LogP contribution in [0.4, 0.5) is 0 Å². The number of carboxylic acids is 1. The number of nitrogens with two attached hydrogens (primary N) is 2.